The molecule has 0 spiro atoms. The summed E-state index contributed by atoms with van der Waals surface area (Å²) in [5.41, 5.74) is 0.438. The smallest absolute Gasteiger partial charge is 0.265 e. The minimum Gasteiger partial charge on any atom is -0.442 e. The van der Waals surface area contributed by atoms with Gasteiger partial charge in [-0.05, 0) is 58.2 Å². The molecule has 32 heavy (non-hydrogen) atoms. The molecule has 1 aromatic carbocycles. The van der Waals surface area contributed by atoms with Crippen LogP contribution >= 0.6 is 11.6 Å². The van der Waals surface area contributed by atoms with Gasteiger partial charge in [0.05, 0.1) is 16.8 Å². The van der Waals surface area contributed by atoms with Crippen LogP contribution in [0.4, 0.5) is 5.69 Å². The van der Waals surface area contributed by atoms with Crippen LogP contribution in [0, 0.1) is 6.92 Å². The molecular weight excluding hydrogens is 432 g/mol. The highest BCUT2D eigenvalue weighted by Gasteiger charge is 2.31. The van der Waals surface area contributed by atoms with Gasteiger partial charge >= 0.3 is 0 Å². The molecular formula is C23H25ClN4O4. The Kier molecular flexibility index (Phi) is 5.81. The van der Waals surface area contributed by atoms with E-state index in [1.165, 1.54) is 10.9 Å². The molecule has 1 fully saturated rings. The van der Waals surface area contributed by atoms with Gasteiger partial charge in [-0.3, -0.25) is 14.4 Å². The maximum Gasteiger partial charge on any atom is 0.265 e. The van der Waals surface area contributed by atoms with Gasteiger partial charge in [0.25, 0.3) is 17.4 Å². The molecule has 3 heterocycles. The fourth-order valence-electron chi connectivity index (χ4n) is 4.41. The van der Waals surface area contributed by atoms with Gasteiger partial charge in [0.1, 0.15) is 17.5 Å². The van der Waals surface area contributed by atoms with E-state index >= 15 is 0 Å². The zero-order valence-corrected chi connectivity index (χ0v) is 19.2. The summed E-state index contributed by atoms with van der Waals surface area (Å²) in [5, 5.41) is 3.29. The molecule has 0 saturated carbocycles. The van der Waals surface area contributed by atoms with Crippen molar-refractivity contribution >= 4 is 40.2 Å². The van der Waals surface area contributed by atoms with Crippen molar-refractivity contribution in [2.75, 3.05) is 5.32 Å². The Labute approximate surface area is 190 Å². The number of nitrogens with one attached hydrogen (secondary N) is 1. The van der Waals surface area contributed by atoms with Crippen LogP contribution in [0.2, 0.25) is 5.02 Å². The molecule has 2 atom stereocenters. The lowest BCUT2D eigenvalue weighted by molar-refractivity contribution is 0.0512. The monoisotopic (exact) mass is 456 g/mol. The van der Waals surface area contributed by atoms with E-state index in [0.717, 1.165) is 19.3 Å². The van der Waals surface area contributed by atoms with Crippen molar-refractivity contribution in [2.24, 2.45) is 7.05 Å². The van der Waals surface area contributed by atoms with E-state index in [-0.39, 0.29) is 46.0 Å². The lowest BCUT2D eigenvalue weighted by Crippen LogP contribution is -2.47. The average Bonchev–Trinajstić information content (AvgIpc) is 3.08. The molecule has 2 amide bonds. The predicted molar refractivity (Wildman–Crippen MR) is 122 cm³/mol. The van der Waals surface area contributed by atoms with Crippen molar-refractivity contribution in [3.8, 4) is 0 Å². The fourth-order valence-corrected chi connectivity index (χ4v) is 4.58. The highest BCUT2D eigenvalue weighted by atomic mass is 35.5. The number of aryl methyl sites for hydroxylation is 2. The van der Waals surface area contributed by atoms with Crippen LogP contribution in [0.3, 0.4) is 0 Å². The van der Waals surface area contributed by atoms with Crippen LogP contribution in [-0.2, 0) is 7.05 Å². The maximum absolute atomic E-state index is 13.5. The van der Waals surface area contributed by atoms with Gasteiger partial charge in [-0.1, -0.05) is 11.6 Å². The van der Waals surface area contributed by atoms with Gasteiger partial charge in [0.2, 0.25) is 5.71 Å². The van der Waals surface area contributed by atoms with Crippen LogP contribution in [-0.4, -0.2) is 38.3 Å². The minimum absolute atomic E-state index is 0.0861. The standard InChI is InChI=1S/C23H25ClN4O4/c1-12-6-5-7-13(2)28(12)22(30)16-10-15(24)8-9-17(16)26-20(29)18-14(3)32-21-19(18)23(31)27(4)11-25-21/h8-13H,5-7H2,1-4H3,(H,26,29). The minimum atomic E-state index is -0.553. The van der Waals surface area contributed by atoms with Gasteiger partial charge in [0.15, 0.2) is 0 Å². The van der Waals surface area contributed by atoms with Gasteiger partial charge in [0, 0.05) is 24.2 Å². The molecule has 0 aliphatic carbocycles. The molecule has 1 N–H and O–H groups in total. The zero-order valence-electron chi connectivity index (χ0n) is 18.4. The Morgan fingerprint density at radius 1 is 1.22 bits per heavy atom. The van der Waals surface area contributed by atoms with Crippen molar-refractivity contribution < 1.29 is 14.0 Å². The number of benzene rings is 1. The number of halogens is 1. The molecule has 0 bridgehead atoms. The summed E-state index contributed by atoms with van der Waals surface area (Å²) in [7, 11) is 1.55. The Bertz CT molecular complexity index is 1270. The van der Waals surface area contributed by atoms with E-state index in [1.54, 1.807) is 32.2 Å². The highest BCUT2D eigenvalue weighted by Crippen LogP contribution is 2.30. The summed E-state index contributed by atoms with van der Waals surface area (Å²) in [4.78, 5) is 45.3. The second kappa shape index (κ2) is 8.43. The summed E-state index contributed by atoms with van der Waals surface area (Å²) in [6, 6.07) is 4.94. The summed E-state index contributed by atoms with van der Waals surface area (Å²) in [6.45, 7) is 5.65. The second-order valence-electron chi connectivity index (χ2n) is 8.36. The molecule has 3 aromatic rings. The Morgan fingerprint density at radius 2 is 1.91 bits per heavy atom. The predicted octanol–water partition coefficient (Wildman–Crippen LogP) is 4.14. The number of aromatic nitrogens is 2. The molecule has 0 radical (unpaired) electrons. The molecule has 2 aromatic heterocycles. The van der Waals surface area contributed by atoms with Crippen molar-refractivity contribution in [2.45, 2.75) is 52.1 Å². The first-order valence-corrected chi connectivity index (χ1v) is 10.9. The van der Waals surface area contributed by atoms with E-state index < -0.39 is 5.91 Å². The molecule has 4 rings (SSSR count). The molecule has 1 aliphatic heterocycles. The first-order valence-electron chi connectivity index (χ1n) is 10.6. The Balaban J connectivity index is 1.74. The SMILES string of the molecule is Cc1oc2ncn(C)c(=O)c2c1C(=O)Nc1ccc(Cl)cc1C(=O)N1C(C)CCCC1C. The fraction of sp³-hybridized carbons (Fsp3) is 0.391. The van der Waals surface area contributed by atoms with E-state index in [9.17, 15) is 14.4 Å². The van der Waals surface area contributed by atoms with Gasteiger partial charge < -0.3 is 19.2 Å². The summed E-state index contributed by atoms with van der Waals surface area (Å²) in [6.07, 6.45) is 4.26. The van der Waals surface area contributed by atoms with E-state index in [4.69, 9.17) is 16.0 Å². The number of nitrogens with zero attached hydrogens (tertiary/aromatic N) is 3. The Hall–Kier alpha value is -3.13. The summed E-state index contributed by atoms with van der Waals surface area (Å²) < 4.78 is 6.81. The molecule has 1 saturated heterocycles. The van der Waals surface area contributed by atoms with Crippen LogP contribution in [0.1, 0.15) is 59.6 Å². The molecule has 8 nitrogen and oxygen atoms in total. The third-order valence-corrected chi connectivity index (χ3v) is 6.30. The van der Waals surface area contributed by atoms with Crippen molar-refractivity contribution in [3.05, 3.63) is 56.8 Å². The topological polar surface area (TPSA) is 97.4 Å². The highest BCUT2D eigenvalue weighted by molar-refractivity contribution is 6.31. The summed E-state index contributed by atoms with van der Waals surface area (Å²) in [5.74, 6) is -0.468. The first kappa shape index (κ1) is 22.1. The van der Waals surface area contributed by atoms with Gasteiger partial charge in [-0.25, -0.2) is 4.98 Å². The number of hydrogen-bond donors (Lipinski definition) is 1. The largest absolute Gasteiger partial charge is 0.442 e. The third-order valence-electron chi connectivity index (χ3n) is 6.06. The maximum atomic E-state index is 13.5. The number of piperidine rings is 1. The van der Waals surface area contributed by atoms with Crippen LogP contribution in [0.5, 0.6) is 0 Å². The number of furan rings is 1. The molecule has 1 aliphatic rings. The lowest BCUT2D eigenvalue weighted by atomic mass is 9.96. The van der Waals surface area contributed by atoms with Crippen molar-refractivity contribution in [1.82, 2.24) is 14.5 Å². The quantitative estimate of drug-likeness (QED) is 0.638. The normalized spacial score (nSPS) is 18.7. The van der Waals surface area contributed by atoms with Crippen molar-refractivity contribution in [3.63, 3.8) is 0 Å². The van der Waals surface area contributed by atoms with Gasteiger partial charge in [-0.15, -0.1) is 0 Å². The number of anilines is 1. The number of rotatable bonds is 3. The summed E-state index contributed by atoms with van der Waals surface area (Å²) >= 11 is 6.20. The number of carbonyl (C=O) groups excluding carboxylic acids is 2. The molecule has 168 valence electrons. The first-order chi connectivity index (χ1) is 15.2. The van der Waals surface area contributed by atoms with E-state index in [0.29, 0.717) is 16.3 Å². The number of amides is 2. The average molecular weight is 457 g/mol. The van der Waals surface area contributed by atoms with E-state index in [1.807, 2.05) is 18.7 Å². The second-order valence-corrected chi connectivity index (χ2v) is 8.80. The van der Waals surface area contributed by atoms with Crippen LogP contribution < -0.4 is 10.9 Å². The lowest BCUT2D eigenvalue weighted by Gasteiger charge is -2.39. The van der Waals surface area contributed by atoms with Crippen LogP contribution in [0.15, 0.2) is 33.7 Å². The number of fused-ring (bicyclic) bond motifs is 1. The Morgan fingerprint density at radius 3 is 2.59 bits per heavy atom. The molecule has 2 unspecified atom stereocenters. The zero-order chi connectivity index (χ0) is 23.2. The number of likely N-dealkylation sites (tertiary alicyclic amines) is 1. The number of hydrogen-bond acceptors (Lipinski definition) is 5. The van der Waals surface area contributed by atoms with Crippen molar-refractivity contribution in [1.29, 1.82) is 0 Å². The van der Waals surface area contributed by atoms with E-state index in [2.05, 4.69) is 10.3 Å². The molecule has 9 heteroatoms. The van der Waals surface area contributed by atoms with Crippen LogP contribution in [0.25, 0.3) is 11.1 Å². The third kappa shape index (κ3) is 3.79. The number of carbonyl (C=O) groups is 2. The van der Waals surface area contributed by atoms with Gasteiger partial charge in [-0.2, -0.15) is 0 Å².